The van der Waals surface area contributed by atoms with Crippen molar-refractivity contribution in [1.82, 2.24) is 0 Å². The van der Waals surface area contributed by atoms with Crippen molar-refractivity contribution < 1.29 is 4.92 Å². The van der Waals surface area contributed by atoms with Crippen LogP contribution >= 0.6 is 11.3 Å². The monoisotopic (exact) mass is 156 g/mol. The van der Waals surface area contributed by atoms with Crippen molar-refractivity contribution in [2.75, 3.05) is 0 Å². The number of rotatable bonds is 1. The highest BCUT2D eigenvalue weighted by Gasteiger charge is 2.24. The van der Waals surface area contributed by atoms with Gasteiger partial charge in [0.05, 0.1) is 15.7 Å². The lowest BCUT2D eigenvalue weighted by atomic mass is 10.5. The van der Waals surface area contributed by atoms with Crippen molar-refractivity contribution in [2.45, 2.75) is 0 Å². The van der Waals surface area contributed by atoms with Crippen LogP contribution in [0.1, 0.15) is 0 Å². The highest BCUT2D eigenvalue weighted by Crippen LogP contribution is 2.30. The van der Waals surface area contributed by atoms with Gasteiger partial charge < -0.3 is 0 Å². The van der Waals surface area contributed by atoms with Gasteiger partial charge in [0.25, 0.3) is 0 Å². The largest absolute Gasteiger partial charge is 0.471 e. The second-order valence-electron chi connectivity index (χ2n) is 1.50. The lowest BCUT2D eigenvalue weighted by Gasteiger charge is -1.75. The van der Waals surface area contributed by atoms with Gasteiger partial charge in [-0.1, -0.05) is 0 Å². The van der Waals surface area contributed by atoms with E-state index in [-0.39, 0.29) is 11.4 Å². The molecule has 10 heavy (non-hydrogen) atoms. The number of nitrogens with zero attached hydrogens (tertiary/aromatic N) is 3. The maximum atomic E-state index is 10.1. The minimum atomic E-state index is -0.592. The zero-order chi connectivity index (χ0) is 7.56. The molecule has 0 fully saturated rings. The Morgan fingerprint density at radius 3 is 2.80 bits per heavy atom. The summed E-state index contributed by atoms with van der Waals surface area (Å²) in [6.07, 6.45) is 0. The van der Waals surface area contributed by atoms with Crippen LogP contribution in [0, 0.1) is 15.5 Å². The Bertz CT molecular complexity index is 300. The zero-order valence-electron chi connectivity index (χ0n) is 4.72. The van der Waals surface area contributed by atoms with E-state index in [1.165, 1.54) is 10.8 Å². The van der Waals surface area contributed by atoms with Crippen LogP contribution in [0.2, 0.25) is 0 Å². The summed E-state index contributed by atoms with van der Waals surface area (Å²) in [6.45, 7) is 0. The van der Waals surface area contributed by atoms with E-state index in [4.69, 9.17) is 5.39 Å². The third-order valence-electron chi connectivity index (χ3n) is 0.926. The molecule has 0 amide bonds. The Hall–Kier alpha value is -1.48. The molecule has 5 nitrogen and oxygen atoms in total. The number of hydrogen-bond donors (Lipinski definition) is 0. The molecule has 0 radical (unpaired) electrons. The van der Waals surface area contributed by atoms with Crippen molar-refractivity contribution >= 4 is 22.7 Å². The summed E-state index contributed by atoms with van der Waals surface area (Å²) >= 11 is 1.12. The predicted octanol–water partition coefficient (Wildman–Crippen LogP) is 2.14. The molecule has 0 aliphatic heterocycles. The lowest BCUT2D eigenvalue weighted by molar-refractivity contribution is -0.383. The van der Waals surface area contributed by atoms with Crippen LogP contribution in [0.15, 0.2) is 10.8 Å². The molecule has 50 valence electrons. The van der Waals surface area contributed by atoms with Crippen molar-refractivity contribution in [2.24, 2.45) is 0 Å². The number of hydrogen-bond acceptors (Lipinski definition) is 4. The summed E-state index contributed by atoms with van der Waals surface area (Å²) in [5, 5.41) is 21.0. The van der Waals surface area contributed by atoms with Crippen molar-refractivity contribution in [3.05, 3.63) is 25.9 Å². The van der Waals surface area contributed by atoms with Gasteiger partial charge in [0.15, 0.2) is 4.98 Å². The molecule has 0 saturated carbocycles. The Morgan fingerprint density at radius 2 is 2.40 bits per heavy atom. The maximum absolute atomic E-state index is 10.1. The predicted molar refractivity (Wildman–Crippen MR) is 35.7 cm³/mol. The zero-order valence-corrected chi connectivity index (χ0v) is 5.54. The van der Waals surface area contributed by atoms with E-state index in [9.17, 15) is 10.1 Å². The number of thiophene rings is 1. The van der Waals surface area contributed by atoms with E-state index in [1.54, 1.807) is 0 Å². The molecule has 1 aromatic heterocycles. The molecule has 0 unspecified atom stereocenters. The van der Waals surface area contributed by atoms with E-state index in [0.29, 0.717) is 0 Å². The van der Waals surface area contributed by atoms with Crippen LogP contribution in [-0.2, 0) is 0 Å². The first-order valence-electron chi connectivity index (χ1n) is 2.31. The normalized spacial score (nSPS) is 8.70. The minimum Gasteiger partial charge on any atom is -0.258 e. The first kappa shape index (κ1) is 6.64. The third-order valence-corrected chi connectivity index (χ3v) is 1.64. The van der Waals surface area contributed by atoms with Gasteiger partial charge >= 0.3 is 11.4 Å². The highest BCUT2D eigenvalue weighted by atomic mass is 32.1. The van der Waals surface area contributed by atoms with E-state index in [2.05, 4.69) is 4.98 Å². The molecule has 0 saturated heterocycles. The maximum Gasteiger partial charge on any atom is 0.471 e. The topological polar surface area (TPSA) is 71.3 Å². The molecule has 1 aromatic rings. The quantitative estimate of drug-likeness (QED) is 0.355. The smallest absolute Gasteiger partial charge is 0.258 e. The molecule has 0 bridgehead atoms. The van der Waals surface area contributed by atoms with Crippen molar-refractivity contribution in [3.8, 4) is 0 Å². The fourth-order valence-electron chi connectivity index (χ4n) is 0.495. The van der Waals surface area contributed by atoms with Gasteiger partial charge in [0.2, 0.25) is 5.39 Å². The average molecular weight is 156 g/mol. The van der Waals surface area contributed by atoms with Crippen molar-refractivity contribution in [1.29, 1.82) is 5.39 Å². The number of nitro groups is 1. The Kier molecular flexibility index (Phi) is 1.60. The summed E-state index contributed by atoms with van der Waals surface area (Å²) in [6, 6.07) is 0. The standard InChI is InChI=1S/C4H2N3O2S/c5-6-3-1-10-2-4(3)7(8)9/h1-2H/q+1. The Labute approximate surface area is 59.7 Å². The van der Waals surface area contributed by atoms with Gasteiger partial charge in [0, 0.05) is 0 Å². The second-order valence-corrected chi connectivity index (χ2v) is 2.24. The molecule has 0 aromatic carbocycles. The van der Waals surface area contributed by atoms with Crippen LogP contribution in [0.25, 0.3) is 4.98 Å². The summed E-state index contributed by atoms with van der Waals surface area (Å²) in [4.78, 5) is 12.2. The first-order valence-corrected chi connectivity index (χ1v) is 3.25. The van der Waals surface area contributed by atoms with Gasteiger partial charge in [0.1, 0.15) is 0 Å². The van der Waals surface area contributed by atoms with Gasteiger partial charge in [-0.25, -0.2) is 0 Å². The van der Waals surface area contributed by atoms with E-state index < -0.39 is 4.92 Å². The van der Waals surface area contributed by atoms with Gasteiger partial charge in [-0.05, 0) is 0 Å². The van der Waals surface area contributed by atoms with Gasteiger partial charge in [-0.3, -0.25) is 10.1 Å². The van der Waals surface area contributed by atoms with E-state index in [1.807, 2.05) is 0 Å². The molecule has 0 N–H and O–H groups in total. The lowest BCUT2D eigenvalue weighted by Crippen LogP contribution is -1.82. The van der Waals surface area contributed by atoms with E-state index in [0.717, 1.165) is 11.3 Å². The Balaban J connectivity index is 3.17. The summed E-state index contributed by atoms with van der Waals surface area (Å²) < 4.78 is 0. The van der Waals surface area contributed by atoms with Crippen LogP contribution in [0.3, 0.4) is 0 Å². The van der Waals surface area contributed by atoms with Crippen LogP contribution in [0.5, 0.6) is 0 Å². The molecular weight excluding hydrogens is 154 g/mol. The van der Waals surface area contributed by atoms with E-state index >= 15 is 0 Å². The fourth-order valence-corrected chi connectivity index (χ4v) is 1.20. The van der Waals surface area contributed by atoms with Crippen LogP contribution < -0.4 is 0 Å². The second kappa shape index (κ2) is 2.41. The fraction of sp³-hybridized carbons (Fsp3) is 0. The SMILES string of the molecule is N#[N+]c1cscc1[N+](=O)[O-]. The van der Waals surface area contributed by atoms with Crippen LogP contribution in [-0.4, -0.2) is 4.92 Å². The molecule has 0 spiro atoms. The molecule has 1 heterocycles. The molecule has 0 atom stereocenters. The van der Waals surface area contributed by atoms with Crippen molar-refractivity contribution in [3.63, 3.8) is 0 Å². The molecule has 0 aliphatic carbocycles. The van der Waals surface area contributed by atoms with Gasteiger partial charge in [-0.2, -0.15) is 0 Å². The van der Waals surface area contributed by atoms with Crippen LogP contribution in [0.4, 0.5) is 11.4 Å². The summed E-state index contributed by atoms with van der Waals surface area (Å²) in [5.74, 6) is 0. The Morgan fingerprint density at radius 1 is 1.70 bits per heavy atom. The molecular formula is C4H2N3O2S+. The first-order chi connectivity index (χ1) is 4.75. The summed E-state index contributed by atoms with van der Waals surface area (Å²) in [5.41, 5.74) is -0.150. The highest BCUT2D eigenvalue weighted by molar-refractivity contribution is 7.08. The summed E-state index contributed by atoms with van der Waals surface area (Å²) in [7, 11) is 0. The van der Waals surface area contributed by atoms with Gasteiger partial charge in [-0.15, -0.1) is 11.3 Å². The average Bonchev–Trinajstić information content (AvgIpc) is 2.33. The molecule has 1 rings (SSSR count). The molecule has 0 aliphatic rings. The molecule has 6 heteroatoms. The minimum absolute atomic E-state index is 0.00926. The third kappa shape index (κ3) is 0.942. The number of diazo groups is 1.